The molecule has 0 aliphatic heterocycles. The van der Waals surface area contributed by atoms with E-state index in [1.54, 1.807) is 0 Å². The predicted octanol–water partition coefficient (Wildman–Crippen LogP) is 1.32. The van der Waals surface area contributed by atoms with E-state index in [0.29, 0.717) is 6.42 Å². The topological polar surface area (TPSA) is 88.0 Å². The number of aryl methyl sites for hydroxylation is 1. The largest absolute Gasteiger partial charge is 0.480 e. The summed E-state index contributed by atoms with van der Waals surface area (Å²) in [6, 6.07) is 6.69. The van der Waals surface area contributed by atoms with Crippen LogP contribution in [0.5, 0.6) is 0 Å². The number of rotatable bonds is 4. The molecule has 0 aliphatic rings. The van der Waals surface area contributed by atoms with Crippen LogP contribution in [0.1, 0.15) is 11.1 Å². The van der Waals surface area contributed by atoms with Crippen molar-refractivity contribution in [3.63, 3.8) is 0 Å². The van der Waals surface area contributed by atoms with Gasteiger partial charge in [-0.05, 0) is 12.5 Å². The highest BCUT2D eigenvalue weighted by Gasteiger charge is 2.16. The van der Waals surface area contributed by atoms with Gasteiger partial charge in [-0.15, -0.1) is 0 Å². The van der Waals surface area contributed by atoms with Crippen LogP contribution in [0, 0.1) is 6.92 Å². The van der Waals surface area contributed by atoms with Crippen molar-refractivity contribution in [2.75, 3.05) is 0 Å². The van der Waals surface area contributed by atoms with E-state index in [1.807, 2.05) is 31.2 Å². The van der Waals surface area contributed by atoms with E-state index in [9.17, 15) is 4.79 Å². The maximum absolute atomic E-state index is 10.8. The van der Waals surface area contributed by atoms with Crippen molar-refractivity contribution in [1.82, 2.24) is 0 Å². The van der Waals surface area contributed by atoms with E-state index in [1.165, 1.54) is 0 Å². The standard InChI is InChI=1S/C10H13N3O2/c1-7-2-4-8(5-3-7)6-9(10(14)15)12-13-11/h2-5,9H,6H2,1H3,(H2,11,12)(H,14,15). The molecule has 1 aromatic carbocycles. The van der Waals surface area contributed by atoms with Gasteiger partial charge in [-0.2, -0.15) is 5.11 Å². The summed E-state index contributed by atoms with van der Waals surface area (Å²) in [6.45, 7) is 1.97. The Bertz CT molecular complexity index is 359. The molecule has 0 saturated heterocycles. The number of hydrogen-bond donors (Lipinski definition) is 2. The fraction of sp³-hybridized carbons (Fsp3) is 0.300. The maximum atomic E-state index is 10.8. The Balaban J connectivity index is 2.74. The monoisotopic (exact) mass is 207 g/mol. The number of carboxylic acids is 1. The molecule has 5 heteroatoms. The van der Waals surface area contributed by atoms with Crippen molar-refractivity contribution in [2.45, 2.75) is 19.4 Å². The number of nitrogens with two attached hydrogens (primary N) is 1. The summed E-state index contributed by atoms with van der Waals surface area (Å²) >= 11 is 0. The van der Waals surface area contributed by atoms with Gasteiger partial charge in [0.15, 0.2) is 6.04 Å². The Morgan fingerprint density at radius 1 is 1.47 bits per heavy atom. The van der Waals surface area contributed by atoms with Gasteiger partial charge >= 0.3 is 5.97 Å². The Kier molecular flexibility index (Phi) is 3.79. The summed E-state index contributed by atoms with van der Waals surface area (Å²) in [4.78, 5) is 10.8. The second-order valence-corrected chi connectivity index (χ2v) is 3.27. The van der Waals surface area contributed by atoms with E-state index in [-0.39, 0.29) is 0 Å². The highest BCUT2D eigenvalue weighted by molar-refractivity contribution is 5.73. The summed E-state index contributed by atoms with van der Waals surface area (Å²) in [7, 11) is 0. The Morgan fingerprint density at radius 3 is 2.53 bits per heavy atom. The highest BCUT2D eigenvalue weighted by Crippen LogP contribution is 2.08. The molecule has 0 radical (unpaired) electrons. The van der Waals surface area contributed by atoms with E-state index < -0.39 is 12.0 Å². The summed E-state index contributed by atoms with van der Waals surface area (Å²) in [5.41, 5.74) is 2.03. The number of benzene rings is 1. The molecule has 15 heavy (non-hydrogen) atoms. The van der Waals surface area contributed by atoms with Crippen LogP contribution >= 0.6 is 0 Å². The second-order valence-electron chi connectivity index (χ2n) is 3.27. The molecule has 0 aromatic heterocycles. The Morgan fingerprint density at radius 2 is 2.07 bits per heavy atom. The molecule has 0 bridgehead atoms. The van der Waals surface area contributed by atoms with E-state index >= 15 is 0 Å². The van der Waals surface area contributed by atoms with Crippen molar-refractivity contribution < 1.29 is 9.90 Å². The lowest BCUT2D eigenvalue weighted by molar-refractivity contribution is -0.138. The first-order chi connectivity index (χ1) is 7.13. The van der Waals surface area contributed by atoms with Crippen molar-refractivity contribution >= 4 is 5.97 Å². The lowest BCUT2D eigenvalue weighted by Crippen LogP contribution is -2.20. The molecule has 1 aromatic rings. The van der Waals surface area contributed by atoms with Crippen molar-refractivity contribution in [2.24, 2.45) is 16.2 Å². The van der Waals surface area contributed by atoms with Crippen LogP contribution in [-0.4, -0.2) is 17.1 Å². The molecule has 3 N–H and O–H groups in total. The van der Waals surface area contributed by atoms with Gasteiger partial charge in [-0.3, -0.25) is 0 Å². The minimum absolute atomic E-state index is 0.302. The second kappa shape index (κ2) is 5.09. The molecule has 5 nitrogen and oxygen atoms in total. The number of carbonyl (C=O) groups is 1. The summed E-state index contributed by atoms with van der Waals surface area (Å²) in [5, 5.41) is 15.3. The van der Waals surface area contributed by atoms with Crippen LogP contribution in [0.2, 0.25) is 0 Å². The van der Waals surface area contributed by atoms with Crippen LogP contribution in [0.3, 0.4) is 0 Å². The quantitative estimate of drug-likeness (QED) is 0.443. The average molecular weight is 207 g/mol. The zero-order valence-corrected chi connectivity index (χ0v) is 8.42. The molecular formula is C10H13N3O2. The molecule has 0 heterocycles. The zero-order valence-electron chi connectivity index (χ0n) is 8.42. The molecule has 80 valence electrons. The fourth-order valence-electron chi connectivity index (χ4n) is 1.21. The van der Waals surface area contributed by atoms with Crippen LogP contribution in [0.4, 0.5) is 0 Å². The number of hydrogen-bond acceptors (Lipinski definition) is 3. The van der Waals surface area contributed by atoms with Gasteiger partial charge < -0.3 is 10.9 Å². The fourth-order valence-corrected chi connectivity index (χ4v) is 1.21. The van der Waals surface area contributed by atoms with Gasteiger partial charge in [-0.25, -0.2) is 4.79 Å². The minimum atomic E-state index is -1.02. The first-order valence-electron chi connectivity index (χ1n) is 4.52. The average Bonchev–Trinajstić information content (AvgIpc) is 2.20. The summed E-state index contributed by atoms with van der Waals surface area (Å²) in [5.74, 6) is 3.82. The number of nitrogens with zero attached hydrogens (tertiary/aromatic N) is 2. The third-order valence-electron chi connectivity index (χ3n) is 2.04. The van der Waals surface area contributed by atoms with Crippen molar-refractivity contribution in [3.05, 3.63) is 35.4 Å². The van der Waals surface area contributed by atoms with Crippen molar-refractivity contribution in [3.8, 4) is 0 Å². The first-order valence-corrected chi connectivity index (χ1v) is 4.52. The third-order valence-corrected chi connectivity index (χ3v) is 2.04. The van der Waals surface area contributed by atoms with Crippen LogP contribution in [0.15, 0.2) is 34.6 Å². The molecule has 1 rings (SSSR count). The first kappa shape index (κ1) is 11.2. The van der Waals surface area contributed by atoms with E-state index in [2.05, 4.69) is 10.3 Å². The van der Waals surface area contributed by atoms with Gasteiger partial charge in [0, 0.05) is 6.42 Å². The van der Waals surface area contributed by atoms with Gasteiger partial charge in [0.25, 0.3) is 0 Å². The maximum Gasteiger partial charge on any atom is 0.330 e. The lowest BCUT2D eigenvalue weighted by Gasteiger charge is -2.05. The van der Waals surface area contributed by atoms with E-state index in [4.69, 9.17) is 10.9 Å². The SMILES string of the molecule is Cc1ccc(CC(N=NN)C(=O)O)cc1. The number of aliphatic carboxylic acids is 1. The predicted molar refractivity (Wildman–Crippen MR) is 55.4 cm³/mol. The smallest absolute Gasteiger partial charge is 0.330 e. The molecule has 0 saturated carbocycles. The van der Waals surface area contributed by atoms with Crippen LogP contribution in [-0.2, 0) is 11.2 Å². The molecule has 0 fully saturated rings. The van der Waals surface area contributed by atoms with Gasteiger partial charge in [0.1, 0.15) is 0 Å². The third kappa shape index (κ3) is 3.38. The van der Waals surface area contributed by atoms with Gasteiger partial charge in [0.2, 0.25) is 0 Å². The molecule has 0 amide bonds. The summed E-state index contributed by atoms with van der Waals surface area (Å²) in [6.07, 6.45) is 0.302. The zero-order chi connectivity index (χ0) is 11.3. The Hall–Kier alpha value is -1.91. The van der Waals surface area contributed by atoms with E-state index in [0.717, 1.165) is 11.1 Å². The molecular weight excluding hydrogens is 194 g/mol. The molecule has 0 spiro atoms. The van der Waals surface area contributed by atoms with Crippen LogP contribution in [0.25, 0.3) is 0 Å². The summed E-state index contributed by atoms with van der Waals surface area (Å²) < 4.78 is 0. The van der Waals surface area contributed by atoms with Gasteiger partial charge in [0.05, 0.1) is 0 Å². The molecule has 1 atom stereocenters. The highest BCUT2D eigenvalue weighted by atomic mass is 16.4. The van der Waals surface area contributed by atoms with Gasteiger partial charge in [-0.1, -0.05) is 35.1 Å². The molecule has 1 unspecified atom stereocenters. The lowest BCUT2D eigenvalue weighted by atomic mass is 10.1. The van der Waals surface area contributed by atoms with Crippen molar-refractivity contribution in [1.29, 1.82) is 0 Å². The normalized spacial score (nSPS) is 12.9. The Labute approximate surface area is 87.6 Å². The molecule has 0 aliphatic carbocycles. The minimum Gasteiger partial charge on any atom is -0.480 e. The van der Waals surface area contributed by atoms with Crippen LogP contribution < -0.4 is 5.84 Å². The number of carboxylic acid groups (broad SMARTS) is 1.